The number of aryl methyl sites for hydroxylation is 3. The van der Waals surface area contributed by atoms with Crippen molar-refractivity contribution in [1.29, 1.82) is 0 Å². The second kappa shape index (κ2) is 9.06. The van der Waals surface area contributed by atoms with Crippen molar-refractivity contribution in [3.63, 3.8) is 0 Å². The summed E-state index contributed by atoms with van der Waals surface area (Å²) in [6, 6.07) is 4.94. The van der Waals surface area contributed by atoms with E-state index in [0.29, 0.717) is 19.6 Å². The largest absolute Gasteiger partial charge is 0.339 e. The summed E-state index contributed by atoms with van der Waals surface area (Å²) in [7, 11) is 0. The predicted molar refractivity (Wildman–Crippen MR) is 119 cm³/mol. The quantitative estimate of drug-likeness (QED) is 0.760. The van der Waals surface area contributed by atoms with E-state index in [9.17, 15) is 9.59 Å². The summed E-state index contributed by atoms with van der Waals surface area (Å²) in [6.45, 7) is 13.3. The molecule has 0 radical (unpaired) electrons. The maximum Gasteiger partial charge on any atom is 0.254 e. The third-order valence-corrected chi connectivity index (χ3v) is 7.17. The van der Waals surface area contributed by atoms with Crippen LogP contribution in [0.1, 0.15) is 46.3 Å². The molecule has 1 aromatic carbocycles. The average Bonchev–Trinajstić information content (AvgIpc) is 2.67. The summed E-state index contributed by atoms with van der Waals surface area (Å²) in [5.41, 5.74) is 4.14. The van der Waals surface area contributed by atoms with Gasteiger partial charge in [0, 0.05) is 64.0 Å². The summed E-state index contributed by atoms with van der Waals surface area (Å²) in [4.78, 5) is 34.6. The van der Waals surface area contributed by atoms with Crippen LogP contribution in [0.25, 0.3) is 0 Å². The molecule has 1 aliphatic carbocycles. The smallest absolute Gasteiger partial charge is 0.254 e. The summed E-state index contributed by atoms with van der Waals surface area (Å²) < 4.78 is 0. The first kappa shape index (κ1) is 21.3. The topological polar surface area (TPSA) is 47.1 Å². The minimum Gasteiger partial charge on any atom is -0.339 e. The Balaban J connectivity index is 1.25. The summed E-state index contributed by atoms with van der Waals surface area (Å²) in [5.74, 6) is 0.372. The zero-order valence-corrected chi connectivity index (χ0v) is 18.8. The summed E-state index contributed by atoms with van der Waals surface area (Å²) in [5, 5.41) is 0. The normalized spacial score (nSPS) is 21.6. The van der Waals surface area contributed by atoms with Crippen LogP contribution >= 0.6 is 0 Å². The Kier molecular flexibility index (Phi) is 6.44. The van der Waals surface area contributed by atoms with E-state index in [1.54, 1.807) is 0 Å². The Morgan fingerprint density at radius 2 is 1.40 bits per heavy atom. The molecular formula is C24H36N4O2. The fourth-order valence-corrected chi connectivity index (χ4v) is 5.16. The number of piperazine rings is 2. The van der Waals surface area contributed by atoms with E-state index in [2.05, 4.69) is 28.9 Å². The van der Waals surface area contributed by atoms with E-state index in [1.807, 2.05) is 23.6 Å². The predicted octanol–water partition coefficient (Wildman–Crippen LogP) is 2.07. The van der Waals surface area contributed by atoms with Crippen LogP contribution in [0.5, 0.6) is 0 Å². The van der Waals surface area contributed by atoms with Crippen LogP contribution in [-0.4, -0.2) is 96.4 Å². The maximum atomic E-state index is 13.1. The molecule has 6 heteroatoms. The Bertz CT molecular complexity index is 765. The minimum atomic E-state index is 0.128. The van der Waals surface area contributed by atoms with E-state index in [0.717, 1.165) is 62.0 Å². The van der Waals surface area contributed by atoms with Gasteiger partial charge in [-0.1, -0.05) is 24.1 Å². The third-order valence-electron chi connectivity index (χ3n) is 7.17. The highest BCUT2D eigenvalue weighted by Gasteiger charge is 2.31. The molecule has 0 unspecified atom stereocenters. The zero-order chi connectivity index (χ0) is 21.3. The van der Waals surface area contributed by atoms with E-state index in [-0.39, 0.29) is 11.8 Å². The van der Waals surface area contributed by atoms with Crippen LogP contribution in [0.2, 0.25) is 0 Å². The van der Waals surface area contributed by atoms with E-state index in [4.69, 9.17) is 0 Å². The van der Waals surface area contributed by atoms with Gasteiger partial charge in [0.05, 0.1) is 6.54 Å². The third kappa shape index (κ3) is 4.54. The Morgan fingerprint density at radius 3 is 1.93 bits per heavy atom. The molecule has 0 N–H and O–H groups in total. The highest BCUT2D eigenvalue weighted by atomic mass is 16.2. The first-order valence-corrected chi connectivity index (χ1v) is 11.5. The van der Waals surface area contributed by atoms with Crippen LogP contribution < -0.4 is 0 Å². The van der Waals surface area contributed by atoms with Crippen LogP contribution in [-0.2, 0) is 4.79 Å². The molecule has 1 saturated carbocycles. The molecule has 1 aromatic rings. The second-order valence-corrected chi connectivity index (χ2v) is 9.34. The van der Waals surface area contributed by atoms with Crippen LogP contribution in [0.4, 0.5) is 0 Å². The van der Waals surface area contributed by atoms with E-state index < -0.39 is 0 Å². The molecule has 2 aliphatic heterocycles. The van der Waals surface area contributed by atoms with Gasteiger partial charge in [0.15, 0.2) is 0 Å². The van der Waals surface area contributed by atoms with Crippen LogP contribution in [0.15, 0.2) is 12.1 Å². The SMILES string of the molecule is Cc1cc(C)c(C(=O)N2CCN(CC(=O)N3CCN(C4CCC4)CC3)CC2)c(C)c1. The summed E-state index contributed by atoms with van der Waals surface area (Å²) in [6.07, 6.45) is 4.03. The van der Waals surface area contributed by atoms with Gasteiger partial charge in [-0.15, -0.1) is 0 Å². The molecule has 2 saturated heterocycles. The van der Waals surface area contributed by atoms with Crippen LogP contribution in [0.3, 0.4) is 0 Å². The van der Waals surface area contributed by atoms with Gasteiger partial charge in [0.25, 0.3) is 5.91 Å². The van der Waals surface area contributed by atoms with Gasteiger partial charge < -0.3 is 9.80 Å². The highest BCUT2D eigenvalue weighted by molar-refractivity contribution is 5.97. The molecule has 164 valence electrons. The van der Waals surface area contributed by atoms with Crippen molar-refractivity contribution >= 4 is 11.8 Å². The van der Waals surface area contributed by atoms with Gasteiger partial charge in [-0.25, -0.2) is 0 Å². The van der Waals surface area contributed by atoms with E-state index in [1.165, 1.54) is 24.8 Å². The molecular weight excluding hydrogens is 376 g/mol. The molecule has 3 fully saturated rings. The molecule has 0 bridgehead atoms. The number of hydrogen-bond acceptors (Lipinski definition) is 4. The maximum absolute atomic E-state index is 13.1. The molecule has 6 nitrogen and oxygen atoms in total. The number of carbonyl (C=O) groups is 2. The Labute approximate surface area is 180 Å². The highest BCUT2D eigenvalue weighted by Crippen LogP contribution is 2.25. The number of rotatable bonds is 4. The number of hydrogen-bond donors (Lipinski definition) is 0. The molecule has 2 amide bonds. The van der Waals surface area contributed by atoms with Gasteiger partial charge in [-0.05, 0) is 44.7 Å². The van der Waals surface area contributed by atoms with Crippen molar-refractivity contribution in [2.75, 3.05) is 58.9 Å². The average molecular weight is 413 g/mol. The number of benzene rings is 1. The number of nitrogens with zero attached hydrogens (tertiary/aromatic N) is 4. The van der Waals surface area contributed by atoms with Crippen molar-refractivity contribution < 1.29 is 9.59 Å². The molecule has 0 atom stereocenters. The summed E-state index contributed by atoms with van der Waals surface area (Å²) >= 11 is 0. The van der Waals surface area contributed by atoms with Crippen LogP contribution in [0, 0.1) is 20.8 Å². The molecule has 2 heterocycles. The van der Waals surface area contributed by atoms with Crippen molar-refractivity contribution in [1.82, 2.24) is 19.6 Å². The van der Waals surface area contributed by atoms with Gasteiger partial charge in [-0.3, -0.25) is 19.4 Å². The zero-order valence-electron chi connectivity index (χ0n) is 18.8. The first-order valence-electron chi connectivity index (χ1n) is 11.5. The van der Waals surface area contributed by atoms with Gasteiger partial charge in [0.1, 0.15) is 0 Å². The van der Waals surface area contributed by atoms with Crippen molar-refractivity contribution in [3.05, 3.63) is 34.4 Å². The molecule has 4 rings (SSSR count). The van der Waals surface area contributed by atoms with Crippen molar-refractivity contribution in [2.45, 2.75) is 46.1 Å². The van der Waals surface area contributed by atoms with Gasteiger partial charge in [-0.2, -0.15) is 0 Å². The minimum absolute atomic E-state index is 0.128. The van der Waals surface area contributed by atoms with Gasteiger partial charge in [0.2, 0.25) is 5.91 Å². The fourth-order valence-electron chi connectivity index (χ4n) is 5.16. The lowest BCUT2D eigenvalue weighted by molar-refractivity contribution is -0.135. The molecule has 0 aromatic heterocycles. The Hall–Kier alpha value is -1.92. The lowest BCUT2D eigenvalue weighted by atomic mass is 9.91. The lowest BCUT2D eigenvalue weighted by Gasteiger charge is -2.43. The van der Waals surface area contributed by atoms with Crippen molar-refractivity contribution in [2.24, 2.45) is 0 Å². The molecule has 30 heavy (non-hydrogen) atoms. The molecule has 3 aliphatic rings. The first-order chi connectivity index (χ1) is 14.4. The molecule has 0 spiro atoms. The standard InChI is InChI=1S/C24H36N4O2/c1-18-15-19(2)23(20(3)16-18)24(30)28-9-7-25(8-10-28)17-22(29)27-13-11-26(12-14-27)21-5-4-6-21/h15-16,21H,4-14,17H2,1-3H3. The van der Waals surface area contributed by atoms with Gasteiger partial charge >= 0.3 is 0 Å². The fraction of sp³-hybridized carbons (Fsp3) is 0.667. The van der Waals surface area contributed by atoms with Crippen molar-refractivity contribution in [3.8, 4) is 0 Å². The second-order valence-electron chi connectivity index (χ2n) is 9.34. The monoisotopic (exact) mass is 412 g/mol. The van der Waals surface area contributed by atoms with E-state index >= 15 is 0 Å². The Morgan fingerprint density at radius 1 is 0.833 bits per heavy atom. The number of carbonyl (C=O) groups excluding carboxylic acids is 2. The lowest BCUT2D eigenvalue weighted by Crippen LogP contribution is -2.56. The number of amides is 2.